The molecule has 1 aliphatic heterocycles. The second-order valence-corrected chi connectivity index (χ2v) is 7.01. The Morgan fingerprint density at radius 2 is 2.23 bits per heavy atom. The molecular formula is C19H20ClN5O. The summed E-state index contributed by atoms with van der Waals surface area (Å²) in [5, 5.41) is 6.79. The van der Waals surface area contributed by atoms with Crippen LogP contribution in [0.25, 0.3) is 17.0 Å². The predicted octanol–water partition coefficient (Wildman–Crippen LogP) is 2.42. The highest BCUT2D eigenvalue weighted by atomic mass is 35.5. The van der Waals surface area contributed by atoms with Crippen LogP contribution in [0.15, 0.2) is 42.7 Å². The Morgan fingerprint density at radius 3 is 3.00 bits per heavy atom. The summed E-state index contributed by atoms with van der Waals surface area (Å²) in [4.78, 5) is 22.0. The van der Waals surface area contributed by atoms with E-state index < -0.39 is 5.41 Å². The molecule has 4 rings (SSSR count). The zero-order valence-corrected chi connectivity index (χ0v) is 15.3. The number of aromatic nitrogens is 3. The number of hydrogen-bond acceptors (Lipinski definition) is 4. The molecule has 0 aliphatic carbocycles. The van der Waals surface area contributed by atoms with Crippen LogP contribution in [0.3, 0.4) is 0 Å². The molecule has 0 bridgehead atoms. The lowest BCUT2D eigenvalue weighted by Gasteiger charge is -2.35. The number of nitrogens with one attached hydrogen (secondary N) is 2. The van der Waals surface area contributed by atoms with Gasteiger partial charge in [0.1, 0.15) is 11.1 Å². The zero-order valence-electron chi connectivity index (χ0n) is 14.5. The van der Waals surface area contributed by atoms with Gasteiger partial charge in [0.25, 0.3) is 0 Å². The molecule has 4 heterocycles. The molecule has 1 aliphatic rings. The summed E-state index contributed by atoms with van der Waals surface area (Å²) in [5.74, 6) is -0.00413. The molecule has 0 aromatic carbocycles. The Bertz CT molecular complexity index is 961. The second kappa shape index (κ2) is 6.70. The van der Waals surface area contributed by atoms with E-state index in [0.29, 0.717) is 11.6 Å². The number of nitrogens with zero attached hydrogens (tertiary/aromatic N) is 3. The van der Waals surface area contributed by atoms with Gasteiger partial charge in [-0.1, -0.05) is 17.7 Å². The minimum absolute atomic E-state index is 0.00413. The molecule has 1 atom stereocenters. The van der Waals surface area contributed by atoms with Crippen molar-refractivity contribution < 1.29 is 4.79 Å². The summed E-state index contributed by atoms with van der Waals surface area (Å²) >= 11 is 6.14. The molecule has 134 valence electrons. The molecule has 0 radical (unpaired) electrons. The number of piperidine rings is 1. The lowest BCUT2D eigenvalue weighted by molar-refractivity contribution is -0.127. The van der Waals surface area contributed by atoms with Crippen molar-refractivity contribution in [1.29, 1.82) is 0 Å². The van der Waals surface area contributed by atoms with E-state index >= 15 is 0 Å². The molecule has 26 heavy (non-hydrogen) atoms. The first-order chi connectivity index (χ1) is 12.6. The van der Waals surface area contributed by atoms with E-state index in [-0.39, 0.29) is 5.91 Å². The molecule has 1 amide bonds. The third-order valence-electron chi connectivity index (χ3n) is 5.02. The van der Waals surface area contributed by atoms with Gasteiger partial charge < -0.3 is 10.6 Å². The van der Waals surface area contributed by atoms with Crippen LogP contribution in [0.5, 0.6) is 0 Å². The molecule has 7 heteroatoms. The molecule has 1 fully saturated rings. The average Bonchev–Trinajstić information content (AvgIpc) is 3.11. The van der Waals surface area contributed by atoms with Gasteiger partial charge in [-0.25, -0.2) is 4.98 Å². The van der Waals surface area contributed by atoms with Crippen LogP contribution in [-0.4, -0.2) is 40.4 Å². The van der Waals surface area contributed by atoms with Crippen LogP contribution in [0.4, 0.5) is 0 Å². The quantitative estimate of drug-likeness (QED) is 0.743. The van der Waals surface area contributed by atoms with E-state index in [2.05, 4.69) is 15.6 Å². The van der Waals surface area contributed by atoms with Crippen molar-refractivity contribution in [3.05, 3.63) is 53.4 Å². The van der Waals surface area contributed by atoms with Gasteiger partial charge in [-0.3, -0.25) is 14.2 Å². The van der Waals surface area contributed by atoms with Gasteiger partial charge in [-0.2, -0.15) is 0 Å². The molecule has 3 aromatic heterocycles. The molecule has 6 nitrogen and oxygen atoms in total. The number of pyridine rings is 2. The van der Waals surface area contributed by atoms with Crippen molar-refractivity contribution in [3.8, 4) is 11.4 Å². The smallest absolute Gasteiger partial charge is 0.233 e. The Kier molecular flexibility index (Phi) is 4.38. The number of carbonyl (C=O) groups excluding carboxylic acids is 1. The van der Waals surface area contributed by atoms with E-state index in [1.54, 1.807) is 13.2 Å². The van der Waals surface area contributed by atoms with Crippen LogP contribution >= 0.6 is 11.6 Å². The zero-order chi connectivity index (χ0) is 18.1. The van der Waals surface area contributed by atoms with Crippen molar-refractivity contribution >= 4 is 23.2 Å². The largest absolute Gasteiger partial charge is 0.358 e. The third kappa shape index (κ3) is 2.75. The molecule has 1 unspecified atom stereocenters. The van der Waals surface area contributed by atoms with Crippen molar-refractivity contribution in [2.24, 2.45) is 0 Å². The SMILES string of the molecule is CNC(=O)C1(c2cccc(-c3cnc4ccc(Cl)cn34)n2)CCCNC1. The first-order valence-electron chi connectivity index (χ1n) is 8.67. The summed E-state index contributed by atoms with van der Waals surface area (Å²) < 4.78 is 1.92. The first-order valence-corrected chi connectivity index (χ1v) is 9.05. The van der Waals surface area contributed by atoms with Gasteiger partial charge in [0.05, 0.1) is 28.3 Å². The van der Waals surface area contributed by atoms with Gasteiger partial charge in [-0.15, -0.1) is 0 Å². The van der Waals surface area contributed by atoms with Crippen LogP contribution in [0.2, 0.25) is 5.02 Å². The summed E-state index contributed by atoms with van der Waals surface area (Å²) in [6.45, 7) is 1.51. The third-order valence-corrected chi connectivity index (χ3v) is 5.24. The topological polar surface area (TPSA) is 71.3 Å². The normalized spacial score (nSPS) is 20.2. The summed E-state index contributed by atoms with van der Waals surface area (Å²) in [7, 11) is 1.68. The van der Waals surface area contributed by atoms with E-state index in [4.69, 9.17) is 16.6 Å². The Labute approximate surface area is 156 Å². The summed E-state index contributed by atoms with van der Waals surface area (Å²) in [6, 6.07) is 9.49. The minimum atomic E-state index is -0.652. The number of carbonyl (C=O) groups is 1. The molecule has 0 saturated carbocycles. The highest BCUT2D eigenvalue weighted by Crippen LogP contribution is 2.32. The summed E-state index contributed by atoms with van der Waals surface area (Å²) in [5.41, 5.74) is 2.54. The molecule has 0 spiro atoms. The molecule has 2 N–H and O–H groups in total. The molecule has 1 saturated heterocycles. The van der Waals surface area contributed by atoms with Crippen LogP contribution < -0.4 is 10.6 Å². The number of rotatable bonds is 3. The fraction of sp³-hybridized carbons (Fsp3) is 0.316. The number of imidazole rings is 1. The van der Waals surface area contributed by atoms with Gasteiger partial charge in [0.15, 0.2) is 0 Å². The van der Waals surface area contributed by atoms with Crippen molar-refractivity contribution in [2.75, 3.05) is 20.1 Å². The van der Waals surface area contributed by atoms with Gasteiger partial charge >= 0.3 is 0 Å². The van der Waals surface area contributed by atoms with Crippen LogP contribution in [0, 0.1) is 0 Å². The van der Waals surface area contributed by atoms with Gasteiger partial charge in [0, 0.05) is 19.8 Å². The Balaban J connectivity index is 1.83. The van der Waals surface area contributed by atoms with Gasteiger partial charge in [0.2, 0.25) is 5.91 Å². The average molecular weight is 370 g/mol. The van der Waals surface area contributed by atoms with Crippen LogP contribution in [0.1, 0.15) is 18.5 Å². The number of likely N-dealkylation sites (N-methyl/N-ethyl adjacent to an activating group) is 1. The van der Waals surface area contributed by atoms with Gasteiger partial charge in [-0.05, 0) is 43.7 Å². The lowest BCUT2D eigenvalue weighted by atomic mass is 9.76. The fourth-order valence-electron chi connectivity index (χ4n) is 3.66. The maximum atomic E-state index is 12.7. The van der Waals surface area contributed by atoms with Crippen molar-refractivity contribution in [3.63, 3.8) is 0 Å². The number of hydrogen-bond donors (Lipinski definition) is 2. The number of amides is 1. The minimum Gasteiger partial charge on any atom is -0.358 e. The van der Waals surface area contributed by atoms with E-state index in [0.717, 1.165) is 42.1 Å². The Hall–Kier alpha value is -2.44. The predicted molar refractivity (Wildman–Crippen MR) is 101 cm³/mol. The lowest BCUT2D eigenvalue weighted by Crippen LogP contribution is -2.53. The standard InChI is InChI=1S/C19H20ClN5O/c1-21-18(26)19(8-3-9-22-12-19)16-5-2-4-14(24-16)15-10-23-17-7-6-13(20)11-25(15)17/h2,4-7,10-11,22H,3,8-9,12H2,1H3,(H,21,26). The van der Waals surface area contributed by atoms with E-state index in [1.807, 2.05) is 40.9 Å². The number of fused-ring (bicyclic) bond motifs is 1. The van der Waals surface area contributed by atoms with E-state index in [9.17, 15) is 4.79 Å². The van der Waals surface area contributed by atoms with Crippen molar-refractivity contribution in [1.82, 2.24) is 25.0 Å². The maximum Gasteiger partial charge on any atom is 0.233 e. The monoisotopic (exact) mass is 369 g/mol. The highest BCUT2D eigenvalue weighted by Gasteiger charge is 2.42. The highest BCUT2D eigenvalue weighted by molar-refractivity contribution is 6.30. The molecule has 3 aromatic rings. The first kappa shape index (κ1) is 17.0. The number of halogens is 1. The summed E-state index contributed by atoms with van der Waals surface area (Å²) in [6.07, 6.45) is 5.31. The maximum absolute atomic E-state index is 12.7. The van der Waals surface area contributed by atoms with Crippen molar-refractivity contribution in [2.45, 2.75) is 18.3 Å². The van der Waals surface area contributed by atoms with Crippen LogP contribution in [-0.2, 0) is 10.2 Å². The second-order valence-electron chi connectivity index (χ2n) is 6.57. The molecular weight excluding hydrogens is 350 g/mol. The fourth-order valence-corrected chi connectivity index (χ4v) is 3.82. The van der Waals surface area contributed by atoms with E-state index in [1.165, 1.54) is 0 Å². The Morgan fingerprint density at radius 1 is 1.35 bits per heavy atom.